The van der Waals surface area contributed by atoms with E-state index in [2.05, 4.69) is 26.5 Å². The quantitative estimate of drug-likeness (QED) is 0.403. The number of hydrogen-bond donors (Lipinski definition) is 0. The van der Waals surface area contributed by atoms with Gasteiger partial charge in [-0.2, -0.15) is 0 Å². The highest BCUT2D eigenvalue weighted by Crippen LogP contribution is 2.53. The van der Waals surface area contributed by atoms with Crippen LogP contribution in [0.5, 0.6) is 0 Å². The van der Waals surface area contributed by atoms with Crippen LogP contribution in [0.25, 0.3) is 0 Å². The first-order chi connectivity index (χ1) is 7.94. The molecule has 0 bridgehead atoms. The highest BCUT2D eigenvalue weighted by atomic mass is 35.5. The molecular formula is C15H21ClO. The molecule has 0 radical (unpaired) electrons. The fourth-order valence-corrected chi connectivity index (χ4v) is 3.72. The third-order valence-electron chi connectivity index (χ3n) is 4.76. The second-order valence-electron chi connectivity index (χ2n) is 5.99. The molecule has 1 nitrogen and oxygen atoms in total. The Morgan fingerprint density at radius 2 is 2.24 bits per heavy atom. The van der Waals surface area contributed by atoms with Crippen molar-refractivity contribution in [3.05, 3.63) is 23.8 Å². The van der Waals surface area contributed by atoms with E-state index in [4.69, 9.17) is 11.6 Å². The number of halogens is 1. The Hall–Kier alpha value is -0.560. The van der Waals surface area contributed by atoms with Gasteiger partial charge in [-0.1, -0.05) is 31.6 Å². The van der Waals surface area contributed by atoms with Crippen LogP contribution in [0.3, 0.4) is 0 Å². The van der Waals surface area contributed by atoms with Gasteiger partial charge in [0.15, 0.2) is 0 Å². The van der Waals surface area contributed by atoms with E-state index < -0.39 is 0 Å². The maximum atomic E-state index is 11.3. The average Bonchev–Trinajstić information content (AvgIpc) is 2.28. The van der Waals surface area contributed by atoms with Crippen molar-refractivity contribution in [1.82, 2.24) is 0 Å². The van der Waals surface area contributed by atoms with E-state index in [0.717, 1.165) is 6.42 Å². The van der Waals surface area contributed by atoms with E-state index in [1.807, 2.05) is 0 Å². The zero-order valence-electron chi connectivity index (χ0n) is 10.8. The molecule has 2 aliphatic rings. The molecule has 0 spiro atoms. The molecule has 3 unspecified atom stereocenters. The van der Waals surface area contributed by atoms with E-state index in [1.54, 1.807) is 0 Å². The smallest absolute Gasteiger partial charge is 0.248 e. The van der Waals surface area contributed by atoms with Crippen molar-refractivity contribution < 1.29 is 4.79 Å². The van der Waals surface area contributed by atoms with Crippen molar-refractivity contribution in [2.75, 3.05) is 0 Å². The second kappa shape index (κ2) is 4.61. The molecular weight excluding hydrogens is 232 g/mol. The monoisotopic (exact) mass is 252 g/mol. The lowest BCUT2D eigenvalue weighted by Crippen LogP contribution is -2.39. The molecule has 94 valence electrons. The molecule has 2 rings (SSSR count). The van der Waals surface area contributed by atoms with Gasteiger partial charge >= 0.3 is 0 Å². The lowest BCUT2D eigenvalue weighted by atomic mass is 9.57. The summed E-state index contributed by atoms with van der Waals surface area (Å²) < 4.78 is 0. The Bertz CT molecular complexity index is 382. The molecule has 1 fully saturated rings. The molecule has 2 aliphatic carbocycles. The van der Waals surface area contributed by atoms with Gasteiger partial charge in [-0.3, -0.25) is 4.79 Å². The number of carbonyl (C=O) groups is 1. The number of fused-ring (bicyclic) bond motifs is 1. The van der Waals surface area contributed by atoms with Crippen LogP contribution in [0.2, 0.25) is 0 Å². The van der Waals surface area contributed by atoms with Gasteiger partial charge in [-0.25, -0.2) is 0 Å². The average molecular weight is 253 g/mol. The van der Waals surface area contributed by atoms with Crippen LogP contribution in [0, 0.1) is 17.3 Å². The summed E-state index contributed by atoms with van der Waals surface area (Å²) in [7, 11) is 0. The number of rotatable bonds is 2. The molecule has 0 aliphatic heterocycles. The molecule has 17 heavy (non-hydrogen) atoms. The highest BCUT2D eigenvalue weighted by molar-refractivity contribution is 6.67. The maximum absolute atomic E-state index is 11.3. The van der Waals surface area contributed by atoms with E-state index in [1.165, 1.54) is 31.3 Å². The van der Waals surface area contributed by atoms with E-state index in [-0.39, 0.29) is 11.2 Å². The van der Waals surface area contributed by atoms with Crippen molar-refractivity contribution in [2.45, 2.75) is 46.0 Å². The molecule has 0 saturated heterocycles. The minimum atomic E-state index is -0.351. The van der Waals surface area contributed by atoms with Crippen LogP contribution < -0.4 is 0 Å². The summed E-state index contributed by atoms with van der Waals surface area (Å²) in [5.41, 5.74) is 2.42. The summed E-state index contributed by atoms with van der Waals surface area (Å²) in [4.78, 5) is 11.3. The fourth-order valence-electron chi connectivity index (χ4n) is 3.58. The van der Waals surface area contributed by atoms with Gasteiger partial charge in [0.1, 0.15) is 0 Å². The van der Waals surface area contributed by atoms with Crippen molar-refractivity contribution >= 4 is 16.8 Å². The molecule has 0 aromatic rings. The molecule has 0 N–H and O–H groups in total. The molecule has 0 heterocycles. The minimum Gasteiger partial charge on any atom is -0.276 e. The molecule has 2 heteroatoms. The summed E-state index contributed by atoms with van der Waals surface area (Å²) >= 11 is 5.62. The van der Waals surface area contributed by atoms with E-state index >= 15 is 0 Å². The van der Waals surface area contributed by atoms with Gasteiger partial charge in [-0.15, -0.1) is 0 Å². The van der Waals surface area contributed by atoms with Crippen LogP contribution in [-0.2, 0) is 4.79 Å². The first-order valence-corrected chi connectivity index (χ1v) is 6.88. The summed E-state index contributed by atoms with van der Waals surface area (Å²) in [6.07, 6.45) is 8.32. The Balaban J connectivity index is 2.31. The molecule has 0 aromatic carbocycles. The zero-order chi connectivity index (χ0) is 12.6. The number of hydrogen-bond acceptors (Lipinski definition) is 1. The van der Waals surface area contributed by atoms with Gasteiger partial charge in [-0.05, 0) is 61.5 Å². The van der Waals surface area contributed by atoms with E-state index in [0.29, 0.717) is 16.9 Å². The SMILES string of the molecule is C=C(C(=O)Cl)C1CCCC2(C)CCC(C)=CC12. The van der Waals surface area contributed by atoms with E-state index in [9.17, 15) is 4.79 Å². The number of carbonyl (C=O) groups excluding carboxylic acids is 1. The number of allylic oxidation sites excluding steroid dienone is 3. The molecule has 3 atom stereocenters. The van der Waals surface area contributed by atoms with Crippen LogP contribution >= 0.6 is 11.6 Å². The first kappa shape index (κ1) is 12.9. The van der Waals surface area contributed by atoms with Crippen LogP contribution in [0.15, 0.2) is 23.8 Å². The summed E-state index contributed by atoms with van der Waals surface area (Å²) in [6, 6.07) is 0. The first-order valence-electron chi connectivity index (χ1n) is 6.50. The predicted molar refractivity (Wildman–Crippen MR) is 71.9 cm³/mol. The Labute approximate surface area is 109 Å². The lowest BCUT2D eigenvalue weighted by molar-refractivity contribution is -0.109. The van der Waals surface area contributed by atoms with Crippen molar-refractivity contribution in [3.63, 3.8) is 0 Å². The van der Waals surface area contributed by atoms with Gasteiger partial charge in [0.2, 0.25) is 5.24 Å². The van der Waals surface area contributed by atoms with Gasteiger partial charge in [0.25, 0.3) is 0 Å². The third kappa shape index (κ3) is 2.35. The minimum absolute atomic E-state index is 0.258. The Kier molecular flexibility index (Phi) is 3.49. The van der Waals surface area contributed by atoms with Crippen molar-refractivity contribution in [2.24, 2.45) is 17.3 Å². The van der Waals surface area contributed by atoms with Crippen LogP contribution in [0.4, 0.5) is 0 Å². The maximum Gasteiger partial charge on any atom is 0.248 e. The summed E-state index contributed by atoms with van der Waals surface area (Å²) in [6.45, 7) is 8.47. The molecule has 1 saturated carbocycles. The summed E-state index contributed by atoms with van der Waals surface area (Å²) in [5, 5.41) is -0.351. The van der Waals surface area contributed by atoms with Crippen molar-refractivity contribution in [1.29, 1.82) is 0 Å². The Morgan fingerprint density at radius 1 is 1.53 bits per heavy atom. The molecule has 0 amide bonds. The largest absolute Gasteiger partial charge is 0.276 e. The highest BCUT2D eigenvalue weighted by Gasteiger charge is 2.43. The normalized spacial score (nSPS) is 37.0. The lowest BCUT2D eigenvalue weighted by Gasteiger charge is -2.48. The van der Waals surface area contributed by atoms with Gasteiger partial charge in [0.05, 0.1) is 0 Å². The topological polar surface area (TPSA) is 17.1 Å². The summed E-state index contributed by atoms with van der Waals surface area (Å²) in [5.74, 6) is 0.717. The fraction of sp³-hybridized carbons (Fsp3) is 0.667. The van der Waals surface area contributed by atoms with Gasteiger partial charge in [0, 0.05) is 5.57 Å². The van der Waals surface area contributed by atoms with Gasteiger partial charge < -0.3 is 0 Å². The van der Waals surface area contributed by atoms with Crippen LogP contribution in [-0.4, -0.2) is 5.24 Å². The predicted octanol–water partition coefficient (Wildman–Crippen LogP) is 4.47. The molecule has 0 aromatic heterocycles. The van der Waals surface area contributed by atoms with Crippen molar-refractivity contribution in [3.8, 4) is 0 Å². The van der Waals surface area contributed by atoms with Crippen LogP contribution in [0.1, 0.15) is 46.0 Å². The standard InChI is InChI=1S/C15H21ClO/c1-10-6-8-15(3)7-4-5-12(13(15)9-10)11(2)14(16)17/h9,12-13H,2,4-8H2,1,3H3. The Morgan fingerprint density at radius 3 is 2.88 bits per heavy atom. The zero-order valence-corrected chi connectivity index (χ0v) is 11.5. The third-order valence-corrected chi connectivity index (χ3v) is 5.00. The second-order valence-corrected chi connectivity index (χ2v) is 6.33.